The smallest absolute Gasteiger partial charge is 0.0829 e. The van der Waals surface area contributed by atoms with Crippen LogP contribution in [0.25, 0.3) is 0 Å². The Bertz CT molecular complexity index is 488. The van der Waals surface area contributed by atoms with Gasteiger partial charge in [0.1, 0.15) is 0 Å². The van der Waals surface area contributed by atoms with Crippen molar-refractivity contribution in [3.8, 4) is 0 Å². The van der Waals surface area contributed by atoms with Crippen LogP contribution in [-0.2, 0) is 9.47 Å². The molecule has 4 rings (SSSR count). The summed E-state index contributed by atoms with van der Waals surface area (Å²) in [4.78, 5) is 2.60. The zero-order chi connectivity index (χ0) is 15.5. The number of ether oxygens (including phenoxy) is 2. The molecule has 0 aliphatic carbocycles. The van der Waals surface area contributed by atoms with Crippen molar-refractivity contribution in [2.45, 2.75) is 62.8 Å². The van der Waals surface area contributed by atoms with Crippen molar-refractivity contribution in [1.29, 1.82) is 0 Å². The summed E-state index contributed by atoms with van der Waals surface area (Å²) in [5, 5.41) is 0. The molecule has 0 N–H and O–H groups in total. The van der Waals surface area contributed by atoms with Gasteiger partial charge in [-0.25, -0.2) is 0 Å². The van der Waals surface area contributed by atoms with E-state index in [-0.39, 0.29) is 5.60 Å². The Morgan fingerprint density at radius 3 is 2.57 bits per heavy atom. The average molecular weight is 315 g/mol. The monoisotopic (exact) mass is 315 g/mol. The van der Waals surface area contributed by atoms with Gasteiger partial charge in [0.25, 0.3) is 0 Å². The van der Waals surface area contributed by atoms with Crippen LogP contribution in [0.2, 0.25) is 0 Å². The molecule has 3 heterocycles. The minimum Gasteiger partial charge on any atom is -0.375 e. The summed E-state index contributed by atoms with van der Waals surface area (Å²) in [6.45, 7) is 4.43. The Morgan fingerprint density at radius 1 is 1.00 bits per heavy atom. The standard InChI is InChI=1S/C20H29NO2/c1-2-6-17(7-3-1)19-9-4-8-18(23-19)16-21-13-11-20(12-14-21)10-5-15-22-20/h1-3,6-7,18-19H,4-5,8-16H2. The van der Waals surface area contributed by atoms with Gasteiger partial charge in [0.2, 0.25) is 0 Å². The van der Waals surface area contributed by atoms with Gasteiger partial charge >= 0.3 is 0 Å². The molecule has 2 unspecified atom stereocenters. The van der Waals surface area contributed by atoms with Gasteiger partial charge in [0.15, 0.2) is 0 Å². The van der Waals surface area contributed by atoms with Gasteiger partial charge in [0, 0.05) is 26.2 Å². The topological polar surface area (TPSA) is 21.7 Å². The van der Waals surface area contributed by atoms with Crippen LogP contribution >= 0.6 is 0 Å². The molecular formula is C20H29NO2. The molecule has 2 atom stereocenters. The van der Waals surface area contributed by atoms with Crippen LogP contribution in [0.1, 0.15) is 56.6 Å². The molecule has 126 valence electrons. The lowest BCUT2D eigenvalue weighted by molar-refractivity contribution is -0.0837. The lowest BCUT2D eigenvalue weighted by atomic mass is 9.88. The number of benzene rings is 1. The summed E-state index contributed by atoms with van der Waals surface area (Å²) in [7, 11) is 0. The summed E-state index contributed by atoms with van der Waals surface area (Å²) < 4.78 is 12.5. The Kier molecular flexibility index (Phi) is 4.70. The highest BCUT2D eigenvalue weighted by Gasteiger charge is 2.38. The van der Waals surface area contributed by atoms with Crippen molar-refractivity contribution in [2.24, 2.45) is 0 Å². The number of nitrogens with zero attached hydrogens (tertiary/aromatic N) is 1. The summed E-state index contributed by atoms with van der Waals surface area (Å²) in [5.41, 5.74) is 1.57. The van der Waals surface area contributed by atoms with Crippen molar-refractivity contribution >= 4 is 0 Å². The molecule has 23 heavy (non-hydrogen) atoms. The van der Waals surface area contributed by atoms with Crippen LogP contribution in [0.3, 0.4) is 0 Å². The third kappa shape index (κ3) is 3.62. The molecule has 0 amide bonds. The minimum atomic E-state index is 0.233. The Hall–Kier alpha value is -0.900. The van der Waals surface area contributed by atoms with Crippen LogP contribution in [0.4, 0.5) is 0 Å². The van der Waals surface area contributed by atoms with Crippen molar-refractivity contribution in [1.82, 2.24) is 4.90 Å². The first-order chi connectivity index (χ1) is 11.3. The zero-order valence-corrected chi connectivity index (χ0v) is 14.1. The fourth-order valence-electron chi connectivity index (χ4n) is 4.53. The second-order valence-electron chi connectivity index (χ2n) is 7.52. The maximum absolute atomic E-state index is 6.42. The van der Waals surface area contributed by atoms with E-state index in [1.54, 1.807) is 0 Å². The molecule has 0 bridgehead atoms. The van der Waals surface area contributed by atoms with Gasteiger partial charge in [-0.2, -0.15) is 0 Å². The Labute approximate surface area is 140 Å². The first-order valence-corrected chi connectivity index (χ1v) is 9.40. The first kappa shape index (κ1) is 15.6. The van der Waals surface area contributed by atoms with Gasteiger partial charge < -0.3 is 14.4 Å². The minimum absolute atomic E-state index is 0.233. The van der Waals surface area contributed by atoms with E-state index in [0.717, 1.165) is 19.6 Å². The fraction of sp³-hybridized carbons (Fsp3) is 0.700. The maximum atomic E-state index is 6.42. The van der Waals surface area contributed by atoms with Gasteiger partial charge in [-0.05, 0) is 50.5 Å². The molecule has 0 aromatic heterocycles. The van der Waals surface area contributed by atoms with E-state index in [4.69, 9.17) is 9.47 Å². The Morgan fingerprint density at radius 2 is 1.83 bits per heavy atom. The van der Waals surface area contributed by atoms with Gasteiger partial charge in [-0.1, -0.05) is 30.3 Å². The summed E-state index contributed by atoms with van der Waals surface area (Å²) >= 11 is 0. The number of hydrogen-bond donors (Lipinski definition) is 0. The molecule has 3 saturated heterocycles. The van der Waals surface area contributed by atoms with E-state index in [0.29, 0.717) is 12.2 Å². The van der Waals surface area contributed by atoms with Gasteiger partial charge in [0.05, 0.1) is 17.8 Å². The highest BCUT2D eigenvalue weighted by Crippen LogP contribution is 2.36. The number of likely N-dealkylation sites (tertiary alicyclic amines) is 1. The molecule has 3 nitrogen and oxygen atoms in total. The SMILES string of the molecule is c1ccc(C2CCCC(CN3CCC4(CCCO4)CC3)O2)cc1. The predicted molar refractivity (Wildman–Crippen MR) is 91.5 cm³/mol. The fourth-order valence-corrected chi connectivity index (χ4v) is 4.53. The summed E-state index contributed by atoms with van der Waals surface area (Å²) in [5.74, 6) is 0. The van der Waals surface area contributed by atoms with Crippen LogP contribution in [0.15, 0.2) is 30.3 Å². The molecule has 3 aliphatic heterocycles. The number of piperidine rings is 1. The maximum Gasteiger partial charge on any atom is 0.0829 e. The molecule has 0 radical (unpaired) electrons. The summed E-state index contributed by atoms with van der Waals surface area (Å²) in [6, 6.07) is 10.7. The van der Waals surface area contributed by atoms with E-state index >= 15 is 0 Å². The summed E-state index contributed by atoms with van der Waals surface area (Å²) in [6.07, 6.45) is 9.30. The van der Waals surface area contributed by atoms with Crippen molar-refractivity contribution in [2.75, 3.05) is 26.2 Å². The lowest BCUT2D eigenvalue weighted by Gasteiger charge is -2.41. The van der Waals surface area contributed by atoms with Crippen LogP contribution in [0, 0.1) is 0 Å². The van der Waals surface area contributed by atoms with Crippen LogP contribution < -0.4 is 0 Å². The second-order valence-corrected chi connectivity index (χ2v) is 7.52. The average Bonchev–Trinajstić information content (AvgIpc) is 3.07. The molecule has 1 aromatic rings. The molecule has 1 spiro atoms. The van der Waals surface area contributed by atoms with Crippen LogP contribution in [0.5, 0.6) is 0 Å². The van der Waals surface area contributed by atoms with E-state index in [1.807, 2.05) is 0 Å². The van der Waals surface area contributed by atoms with Crippen molar-refractivity contribution in [3.63, 3.8) is 0 Å². The highest BCUT2D eigenvalue weighted by molar-refractivity contribution is 5.18. The van der Waals surface area contributed by atoms with Crippen molar-refractivity contribution < 1.29 is 9.47 Å². The molecular weight excluding hydrogens is 286 g/mol. The predicted octanol–water partition coefficient (Wildman–Crippen LogP) is 3.94. The Balaban J connectivity index is 1.29. The largest absolute Gasteiger partial charge is 0.375 e. The van der Waals surface area contributed by atoms with Crippen LogP contribution in [-0.4, -0.2) is 42.8 Å². The van der Waals surface area contributed by atoms with Gasteiger partial charge in [-0.15, -0.1) is 0 Å². The van der Waals surface area contributed by atoms with E-state index in [9.17, 15) is 0 Å². The third-order valence-corrected chi connectivity index (χ3v) is 5.93. The lowest BCUT2D eigenvalue weighted by Crippen LogP contribution is -2.47. The quantitative estimate of drug-likeness (QED) is 0.843. The number of rotatable bonds is 3. The highest BCUT2D eigenvalue weighted by atomic mass is 16.5. The van der Waals surface area contributed by atoms with Crippen molar-refractivity contribution in [3.05, 3.63) is 35.9 Å². The zero-order valence-electron chi connectivity index (χ0n) is 14.1. The van der Waals surface area contributed by atoms with E-state index in [1.165, 1.54) is 57.2 Å². The molecule has 1 aromatic carbocycles. The van der Waals surface area contributed by atoms with E-state index in [2.05, 4.69) is 35.2 Å². The second kappa shape index (κ2) is 6.92. The molecule has 3 fully saturated rings. The third-order valence-electron chi connectivity index (χ3n) is 5.93. The van der Waals surface area contributed by atoms with E-state index < -0.39 is 0 Å². The molecule has 0 saturated carbocycles. The molecule has 3 heteroatoms. The van der Waals surface area contributed by atoms with Gasteiger partial charge in [-0.3, -0.25) is 0 Å². The first-order valence-electron chi connectivity index (χ1n) is 9.40. The normalized spacial score (nSPS) is 31.5. The number of hydrogen-bond acceptors (Lipinski definition) is 3. The molecule has 3 aliphatic rings.